The molecule has 0 aliphatic carbocycles. The van der Waals surface area contributed by atoms with Gasteiger partial charge in [-0.3, -0.25) is 19.6 Å². The lowest BCUT2D eigenvalue weighted by molar-refractivity contribution is -0.384. The number of nitro benzene ring substituents is 1. The molecule has 0 aliphatic rings. The van der Waals surface area contributed by atoms with Gasteiger partial charge in [0.2, 0.25) is 5.91 Å². The Kier molecular flexibility index (Phi) is 6.05. The number of nitrogens with one attached hydrogen (secondary N) is 1. The average molecular weight is 445 g/mol. The summed E-state index contributed by atoms with van der Waals surface area (Å²) in [7, 11) is 0. The number of hydrogen-bond donors (Lipinski definition) is 1. The van der Waals surface area contributed by atoms with E-state index in [-0.39, 0.29) is 23.8 Å². The molecular formula is C19H17BrN4O4. The first-order chi connectivity index (χ1) is 13.4. The van der Waals surface area contributed by atoms with Crippen molar-refractivity contribution in [3.8, 4) is 11.5 Å². The first-order valence-electron chi connectivity index (χ1n) is 8.41. The number of aromatic nitrogens is 2. The van der Waals surface area contributed by atoms with Crippen LogP contribution in [-0.2, 0) is 11.3 Å². The highest BCUT2D eigenvalue weighted by Gasteiger charge is 2.14. The Balaban J connectivity index is 1.74. The highest BCUT2D eigenvalue weighted by atomic mass is 79.9. The summed E-state index contributed by atoms with van der Waals surface area (Å²) in [5.41, 5.74) is 1.02. The number of halogens is 1. The summed E-state index contributed by atoms with van der Waals surface area (Å²) in [6, 6.07) is 11.5. The van der Waals surface area contributed by atoms with Crippen LogP contribution in [0, 0.1) is 17.0 Å². The Hall–Kier alpha value is -3.20. The molecule has 0 radical (unpaired) electrons. The Morgan fingerprint density at radius 2 is 2.11 bits per heavy atom. The maximum absolute atomic E-state index is 12.2. The molecule has 3 aromatic rings. The molecule has 144 valence electrons. The van der Waals surface area contributed by atoms with Crippen LogP contribution in [0.2, 0.25) is 0 Å². The molecule has 0 fully saturated rings. The number of para-hydroxylation sites is 1. The molecule has 1 heterocycles. The van der Waals surface area contributed by atoms with E-state index in [0.29, 0.717) is 18.0 Å². The lowest BCUT2D eigenvalue weighted by Gasteiger charge is -2.11. The van der Waals surface area contributed by atoms with Gasteiger partial charge in [-0.1, -0.05) is 18.2 Å². The van der Waals surface area contributed by atoms with E-state index < -0.39 is 4.92 Å². The Bertz CT molecular complexity index is 1020. The molecule has 0 unspecified atom stereocenters. The summed E-state index contributed by atoms with van der Waals surface area (Å²) in [5, 5.41) is 18.0. The molecular weight excluding hydrogens is 428 g/mol. The smallest absolute Gasteiger partial charge is 0.275 e. The van der Waals surface area contributed by atoms with Crippen molar-refractivity contribution < 1.29 is 14.5 Å². The van der Waals surface area contributed by atoms with E-state index in [1.165, 1.54) is 12.1 Å². The largest absolute Gasteiger partial charge is 0.457 e. The number of ether oxygens (including phenoxy) is 1. The molecule has 28 heavy (non-hydrogen) atoms. The molecule has 0 saturated carbocycles. The maximum Gasteiger partial charge on any atom is 0.275 e. The molecule has 0 aliphatic heterocycles. The van der Waals surface area contributed by atoms with Crippen LogP contribution in [0.25, 0.3) is 0 Å². The molecule has 0 saturated heterocycles. The second kappa shape index (κ2) is 8.66. The molecule has 3 rings (SSSR count). The Labute approximate surface area is 169 Å². The van der Waals surface area contributed by atoms with Crippen molar-refractivity contribution in [1.82, 2.24) is 9.78 Å². The minimum Gasteiger partial charge on any atom is -0.457 e. The second-order valence-electron chi connectivity index (χ2n) is 6.06. The quantitative estimate of drug-likeness (QED) is 0.421. The third-order valence-electron chi connectivity index (χ3n) is 3.88. The van der Waals surface area contributed by atoms with Gasteiger partial charge >= 0.3 is 0 Å². The second-order valence-corrected chi connectivity index (χ2v) is 6.98. The van der Waals surface area contributed by atoms with Crippen LogP contribution in [-0.4, -0.2) is 20.6 Å². The summed E-state index contributed by atoms with van der Waals surface area (Å²) in [6.45, 7) is 2.27. The van der Waals surface area contributed by atoms with Crippen molar-refractivity contribution in [1.29, 1.82) is 0 Å². The molecule has 1 amide bonds. The summed E-state index contributed by atoms with van der Waals surface area (Å²) in [5.74, 6) is 0.577. The van der Waals surface area contributed by atoms with Crippen molar-refractivity contribution in [2.45, 2.75) is 19.9 Å². The minimum absolute atomic E-state index is 0.169. The van der Waals surface area contributed by atoms with Crippen molar-refractivity contribution >= 4 is 33.2 Å². The van der Waals surface area contributed by atoms with Gasteiger partial charge in [-0.25, -0.2) is 0 Å². The summed E-state index contributed by atoms with van der Waals surface area (Å²) in [6.07, 6.45) is 3.56. The summed E-state index contributed by atoms with van der Waals surface area (Å²) < 4.78 is 8.23. The van der Waals surface area contributed by atoms with E-state index in [0.717, 1.165) is 10.0 Å². The standard InChI is InChI=1S/C19H17BrN4O4/c1-13-4-2-3-5-18(13)28-17-9-15(8-16(10-17)24(26)27)22-19(25)6-7-23-12-14(20)11-21-23/h2-5,8-12H,6-7H2,1H3,(H,22,25). The number of nitrogens with zero attached hydrogens (tertiary/aromatic N) is 3. The van der Waals surface area contributed by atoms with Gasteiger partial charge in [-0.2, -0.15) is 5.10 Å². The Morgan fingerprint density at radius 3 is 2.79 bits per heavy atom. The van der Waals surface area contributed by atoms with E-state index in [9.17, 15) is 14.9 Å². The zero-order chi connectivity index (χ0) is 20.1. The SMILES string of the molecule is Cc1ccccc1Oc1cc(NC(=O)CCn2cc(Br)cn2)cc([N+](=O)[O-])c1. The van der Waals surface area contributed by atoms with E-state index in [1.807, 2.05) is 25.1 Å². The Morgan fingerprint density at radius 1 is 1.32 bits per heavy atom. The number of carbonyl (C=O) groups excluding carboxylic acids is 1. The van der Waals surface area contributed by atoms with Gasteiger partial charge in [-0.15, -0.1) is 0 Å². The first kappa shape index (κ1) is 19.6. The zero-order valence-corrected chi connectivity index (χ0v) is 16.5. The maximum atomic E-state index is 12.2. The zero-order valence-electron chi connectivity index (χ0n) is 15.0. The predicted molar refractivity (Wildman–Crippen MR) is 108 cm³/mol. The van der Waals surface area contributed by atoms with Gasteiger partial charge in [0.1, 0.15) is 11.5 Å². The fraction of sp³-hybridized carbons (Fsp3) is 0.158. The number of hydrogen-bond acceptors (Lipinski definition) is 5. The third-order valence-corrected chi connectivity index (χ3v) is 4.29. The van der Waals surface area contributed by atoms with Gasteiger partial charge in [-0.05, 0) is 34.5 Å². The van der Waals surface area contributed by atoms with Crippen molar-refractivity contribution in [3.63, 3.8) is 0 Å². The van der Waals surface area contributed by atoms with Crippen LogP contribution < -0.4 is 10.1 Å². The third kappa shape index (κ3) is 5.17. The van der Waals surface area contributed by atoms with E-state index in [2.05, 4.69) is 26.3 Å². The predicted octanol–water partition coefficient (Wildman–Crippen LogP) is 4.68. The van der Waals surface area contributed by atoms with Crippen LogP contribution >= 0.6 is 15.9 Å². The lowest BCUT2D eigenvalue weighted by Crippen LogP contribution is -2.14. The molecule has 1 N–H and O–H groups in total. The average Bonchev–Trinajstić information content (AvgIpc) is 3.07. The molecule has 0 atom stereocenters. The van der Waals surface area contributed by atoms with E-state index >= 15 is 0 Å². The van der Waals surface area contributed by atoms with Crippen LogP contribution in [0.5, 0.6) is 11.5 Å². The van der Waals surface area contributed by atoms with E-state index in [1.54, 1.807) is 29.2 Å². The van der Waals surface area contributed by atoms with Crippen LogP contribution in [0.4, 0.5) is 11.4 Å². The van der Waals surface area contributed by atoms with Crippen LogP contribution in [0.1, 0.15) is 12.0 Å². The number of amides is 1. The van der Waals surface area contributed by atoms with Crippen molar-refractivity contribution in [2.75, 3.05) is 5.32 Å². The number of nitro groups is 1. The number of carbonyl (C=O) groups is 1. The fourth-order valence-corrected chi connectivity index (χ4v) is 2.85. The van der Waals surface area contributed by atoms with Gasteiger partial charge in [0.05, 0.1) is 27.3 Å². The molecule has 9 heteroatoms. The molecule has 2 aromatic carbocycles. The van der Waals surface area contributed by atoms with Crippen molar-refractivity contribution in [2.24, 2.45) is 0 Å². The summed E-state index contributed by atoms with van der Waals surface area (Å²) in [4.78, 5) is 22.9. The number of benzene rings is 2. The van der Waals surface area contributed by atoms with Gasteiger partial charge in [0.15, 0.2) is 0 Å². The number of non-ortho nitro benzene ring substituents is 1. The highest BCUT2D eigenvalue weighted by Crippen LogP contribution is 2.31. The van der Waals surface area contributed by atoms with Gasteiger partial charge in [0.25, 0.3) is 5.69 Å². The lowest BCUT2D eigenvalue weighted by atomic mass is 10.2. The van der Waals surface area contributed by atoms with E-state index in [4.69, 9.17) is 4.74 Å². The van der Waals surface area contributed by atoms with Gasteiger partial charge < -0.3 is 10.1 Å². The normalized spacial score (nSPS) is 10.5. The number of anilines is 1. The topological polar surface area (TPSA) is 99.3 Å². The van der Waals surface area contributed by atoms with Gasteiger partial charge in [0, 0.05) is 31.3 Å². The van der Waals surface area contributed by atoms with Crippen molar-refractivity contribution in [3.05, 3.63) is 75.0 Å². The molecule has 8 nitrogen and oxygen atoms in total. The fourth-order valence-electron chi connectivity index (χ4n) is 2.52. The minimum atomic E-state index is -0.526. The van der Waals surface area contributed by atoms with Crippen LogP contribution in [0.3, 0.4) is 0 Å². The van der Waals surface area contributed by atoms with Crippen LogP contribution in [0.15, 0.2) is 59.3 Å². The highest BCUT2D eigenvalue weighted by molar-refractivity contribution is 9.10. The summed E-state index contributed by atoms with van der Waals surface area (Å²) >= 11 is 3.29. The first-order valence-corrected chi connectivity index (χ1v) is 9.21. The molecule has 0 spiro atoms. The molecule has 1 aromatic heterocycles. The number of aryl methyl sites for hydroxylation is 2. The molecule has 0 bridgehead atoms. The number of rotatable bonds is 7. The monoisotopic (exact) mass is 444 g/mol.